The van der Waals surface area contributed by atoms with Gasteiger partial charge in [0.05, 0.1) is 17.1 Å². The molecule has 88 valence electrons. The van der Waals surface area contributed by atoms with E-state index < -0.39 is 13.0 Å². The lowest BCUT2D eigenvalue weighted by atomic mass is 10.2. The molecule has 0 aliphatic carbocycles. The molecule has 0 spiro atoms. The molecule has 3 nitrogen and oxygen atoms in total. The van der Waals surface area contributed by atoms with Crippen LogP contribution in [-0.2, 0) is 0 Å². The third-order valence-electron chi connectivity index (χ3n) is 1.78. The highest BCUT2D eigenvalue weighted by Crippen LogP contribution is 2.32. The highest BCUT2D eigenvalue weighted by Gasteiger charge is 2.11. The van der Waals surface area contributed by atoms with Crippen LogP contribution in [0.5, 0.6) is 11.5 Å². The van der Waals surface area contributed by atoms with Gasteiger partial charge in [-0.3, -0.25) is 4.79 Å². The molecule has 1 rings (SSSR count). The van der Waals surface area contributed by atoms with E-state index >= 15 is 0 Å². The fourth-order valence-electron chi connectivity index (χ4n) is 1.08. The third kappa shape index (κ3) is 3.16. The van der Waals surface area contributed by atoms with Crippen LogP contribution in [0.3, 0.4) is 0 Å². The molecule has 0 aliphatic rings. The van der Waals surface area contributed by atoms with E-state index in [0.717, 1.165) is 0 Å². The highest BCUT2D eigenvalue weighted by molar-refractivity contribution is 9.10. The van der Waals surface area contributed by atoms with Crippen LogP contribution < -0.4 is 9.47 Å². The Kier molecular flexibility index (Phi) is 4.67. The van der Waals surface area contributed by atoms with Crippen molar-refractivity contribution in [3.8, 4) is 11.5 Å². The van der Waals surface area contributed by atoms with Crippen molar-refractivity contribution in [3.63, 3.8) is 0 Å². The standard InChI is InChI=1S/C10H9BrF2O3/c1-15-9-2-6(4-14)8(3-7(9)11)16-5-10(12)13/h2-4,10H,5H2,1H3. The Morgan fingerprint density at radius 3 is 2.62 bits per heavy atom. The zero-order valence-corrected chi connectivity index (χ0v) is 9.96. The molecule has 16 heavy (non-hydrogen) atoms. The van der Waals surface area contributed by atoms with Crippen LogP contribution in [0.15, 0.2) is 16.6 Å². The van der Waals surface area contributed by atoms with E-state index in [4.69, 9.17) is 9.47 Å². The summed E-state index contributed by atoms with van der Waals surface area (Å²) in [5.74, 6) is 0.537. The number of carbonyl (C=O) groups is 1. The monoisotopic (exact) mass is 294 g/mol. The minimum absolute atomic E-state index is 0.1000. The van der Waals surface area contributed by atoms with Crippen molar-refractivity contribution >= 4 is 22.2 Å². The van der Waals surface area contributed by atoms with Gasteiger partial charge in [-0.15, -0.1) is 0 Å². The first kappa shape index (κ1) is 12.9. The number of methoxy groups -OCH3 is 1. The number of carbonyl (C=O) groups excluding carboxylic acids is 1. The molecule has 0 amide bonds. The van der Waals surface area contributed by atoms with Gasteiger partial charge in [-0.2, -0.15) is 0 Å². The molecule has 1 aromatic carbocycles. The minimum atomic E-state index is -2.58. The quantitative estimate of drug-likeness (QED) is 0.784. The number of benzene rings is 1. The number of rotatable bonds is 5. The second-order valence-corrected chi connectivity index (χ2v) is 3.70. The van der Waals surface area contributed by atoms with Crippen LogP contribution in [0, 0.1) is 0 Å². The summed E-state index contributed by atoms with van der Waals surface area (Å²) in [6.07, 6.45) is -2.06. The van der Waals surface area contributed by atoms with E-state index in [1.54, 1.807) is 0 Å². The summed E-state index contributed by atoms with van der Waals surface area (Å²) in [5, 5.41) is 0. The maximum absolute atomic E-state index is 12.0. The highest BCUT2D eigenvalue weighted by atomic mass is 79.9. The molecule has 1 aromatic rings. The number of ether oxygens (including phenoxy) is 2. The predicted octanol–water partition coefficient (Wildman–Crippen LogP) is 2.91. The summed E-state index contributed by atoms with van der Waals surface area (Å²) in [7, 11) is 1.44. The minimum Gasteiger partial charge on any atom is -0.496 e. The molecule has 0 saturated heterocycles. The largest absolute Gasteiger partial charge is 0.496 e. The third-order valence-corrected chi connectivity index (χ3v) is 2.40. The van der Waals surface area contributed by atoms with Gasteiger partial charge < -0.3 is 9.47 Å². The van der Waals surface area contributed by atoms with Crippen LogP contribution in [0.4, 0.5) is 8.78 Å². The molecule has 0 unspecified atom stereocenters. The zero-order chi connectivity index (χ0) is 12.1. The first-order chi connectivity index (χ1) is 7.58. The van der Waals surface area contributed by atoms with Gasteiger partial charge in [-0.25, -0.2) is 8.78 Å². The Labute approximate surface area is 99.5 Å². The topological polar surface area (TPSA) is 35.5 Å². The number of alkyl halides is 2. The number of hydrogen-bond acceptors (Lipinski definition) is 3. The van der Waals surface area contributed by atoms with Gasteiger partial charge in [0.25, 0.3) is 6.43 Å². The number of aldehydes is 1. The Morgan fingerprint density at radius 1 is 1.44 bits per heavy atom. The molecule has 6 heteroatoms. The van der Waals surface area contributed by atoms with Crippen molar-refractivity contribution in [2.75, 3.05) is 13.7 Å². The van der Waals surface area contributed by atoms with Gasteiger partial charge in [0, 0.05) is 0 Å². The Morgan fingerprint density at radius 2 is 2.12 bits per heavy atom. The van der Waals surface area contributed by atoms with E-state index in [1.807, 2.05) is 0 Å². The Balaban J connectivity index is 2.98. The summed E-state index contributed by atoms with van der Waals surface area (Å²) < 4.78 is 34.2. The molecule has 0 saturated carbocycles. The Hall–Kier alpha value is -1.17. The summed E-state index contributed by atoms with van der Waals surface area (Å²) in [6, 6.07) is 2.84. The van der Waals surface area contributed by atoms with Crippen LogP contribution in [0.1, 0.15) is 10.4 Å². The average Bonchev–Trinajstić information content (AvgIpc) is 2.26. The number of hydrogen-bond donors (Lipinski definition) is 0. The lowest BCUT2D eigenvalue weighted by Crippen LogP contribution is -2.08. The molecule has 0 aliphatic heterocycles. The molecule has 0 radical (unpaired) electrons. The summed E-state index contributed by atoms with van der Waals surface area (Å²) in [5.41, 5.74) is 0.167. The molecule has 0 N–H and O–H groups in total. The van der Waals surface area contributed by atoms with E-state index in [1.165, 1.54) is 19.2 Å². The fourth-order valence-corrected chi connectivity index (χ4v) is 1.56. The second-order valence-electron chi connectivity index (χ2n) is 2.84. The first-order valence-corrected chi connectivity index (χ1v) is 5.11. The van der Waals surface area contributed by atoms with Gasteiger partial charge >= 0.3 is 0 Å². The van der Waals surface area contributed by atoms with Gasteiger partial charge in [0.2, 0.25) is 0 Å². The van der Waals surface area contributed by atoms with E-state index in [-0.39, 0.29) is 11.3 Å². The van der Waals surface area contributed by atoms with Crippen LogP contribution in [-0.4, -0.2) is 26.4 Å². The second kappa shape index (κ2) is 5.79. The molecular weight excluding hydrogens is 286 g/mol. The van der Waals surface area contributed by atoms with Crippen LogP contribution >= 0.6 is 15.9 Å². The van der Waals surface area contributed by atoms with E-state index in [2.05, 4.69) is 15.9 Å². The van der Waals surface area contributed by atoms with Crippen molar-refractivity contribution in [3.05, 3.63) is 22.2 Å². The Bertz CT molecular complexity index is 383. The van der Waals surface area contributed by atoms with Crippen LogP contribution in [0.2, 0.25) is 0 Å². The van der Waals surface area contributed by atoms with Gasteiger partial charge in [-0.1, -0.05) is 0 Å². The average molecular weight is 295 g/mol. The predicted molar refractivity (Wildman–Crippen MR) is 57.6 cm³/mol. The summed E-state index contributed by atoms with van der Waals surface area (Å²) in [6.45, 7) is -0.750. The summed E-state index contributed by atoms with van der Waals surface area (Å²) in [4.78, 5) is 10.7. The van der Waals surface area contributed by atoms with Gasteiger partial charge in [0.1, 0.15) is 18.1 Å². The normalized spacial score (nSPS) is 10.3. The molecule has 0 fully saturated rings. The maximum atomic E-state index is 12.0. The van der Waals surface area contributed by atoms with Crippen molar-refractivity contribution in [1.82, 2.24) is 0 Å². The molecule has 0 aromatic heterocycles. The molecular formula is C10H9BrF2O3. The lowest BCUT2D eigenvalue weighted by Gasteiger charge is -2.10. The molecule has 0 bridgehead atoms. The lowest BCUT2D eigenvalue weighted by molar-refractivity contribution is 0.0809. The first-order valence-electron chi connectivity index (χ1n) is 4.32. The van der Waals surface area contributed by atoms with E-state index in [9.17, 15) is 13.6 Å². The van der Waals surface area contributed by atoms with Crippen molar-refractivity contribution in [2.45, 2.75) is 6.43 Å². The summed E-state index contributed by atoms with van der Waals surface area (Å²) >= 11 is 3.17. The van der Waals surface area contributed by atoms with Crippen molar-refractivity contribution < 1.29 is 23.0 Å². The van der Waals surface area contributed by atoms with Crippen LogP contribution in [0.25, 0.3) is 0 Å². The van der Waals surface area contributed by atoms with Crippen molar-refractivity contribution in [1.29, 1.82) is 0 Å². The molecule has 0 atom stereocenters. The zero-order valence-electron chi connectivity index (χ0n) is 8.38. The fraction of sp³-hybridized carbons (Fsp3) is 0.300. The SMILES string of the molecule is COc1cc(C=O)c(OCC(F)F)cc1Br. The molecule has 0 heterocycles. The van der Waals surface area contributed by atoms with Crippen molar-refractivity contribution in [2.24, 2.45) is 0 Å². The maximum Gasteiger partial charge on any atom is 0.272 e. The van der Waals surface area contributed by atoms with Gasteiger partial charge in [-0.05, 0) is 28.1 Å². The number of halogens is 3. The smallest absolute Gasteiger partial charge is 0.272 e. The van der Waals surface area contributed by atoms with Gasteiger partial charge in [0.15, 0.2) is 6.29 Å². The van der Waals surface area contributed by atoms with E-state index in [0.29, 0.717) is 16.5 Å².